The first-order valence-corrected chi connectivity index (χ1v) is 15.1. The van der Waals surface area contributed by atoms with Crippen LogP contribution in [0.15, 0.2) is 112 Å². The molecule has 1 N–H and O–H groups in total. The Kier molecular flexibility index (Phi) is 6.91. The number of pyridine rings is 1. The highest BCUT2D eigenvalue weighted by Gasteiger charge is 2.41. The van der Waals surface area contributed by atoms with E-state index in [9.17, 15) is 0 Å². The molecule has 5 aromatic rings. The summed E-state index contributed by atoms with van der Waals surface area (Å²) in [6.07, 6.45) is 5.23. The first-order valence-electron chi connectivity index (χ1n) is 14.3. The predicted molar refractivity (Wildman–Crippen MR) is 174 cm³/mol. The van der Waals surface area contributed by atoms with Crippen molar-refractivity contribution >= 4 is 50.5 Å². The second kappa shape index (κ2) is 11.0. The highest BCUT2D eigenvalue weighted by molar-refractivity contribution is 9.10. The molecule has 208 valence electrons. The van der Waals surface area contributed by atoms with Gasteiger partial charge in [0.25, 0.3) is 0 Å². The molecule has 0 fully saturated rings. The molecule has 0 radical (unpaired) electrons. The van der Waals surface area contributed by atoms with Crippen molar-refractivity contribution in [2.45, 2.75) is 39.2 Å². The molecule has 4 heterocycles. The van der Waals surface area contributed by atoms with E-state index in [0.29, 0.717) is 5.84 Å². The molecule has 0 saturated carbocycles. The summed E-state index contributed by atoms with van der Waals surface area (Å²) >= 11 is 3.71. The SMILES string of the molecule is CCCCc1ccc(NC2=Nc3ccccc3N3C2=Nc2c(c(C)nn2-c2ccccn2)C3c2cccc(Br)c2)cc1. The van der Waals surface area contributed by atoms with Gasteiger partial charge in [0, 0.05) is 21.9 Å². The van der Waals surface area contributed by atoms with E-state index >= 15 is 0 Å². The van der Waals surface area contributed by atoms with E-state index in [1.54, 1.807) is 6.20 Å². The number of benzene rings is 3. The van der Waals surface area contributed by atoms with E-state index in [1.807, 2.05) is 35.9 Å². The number of amidine groups is 2. The van der Waals surface area contributed by atoms with E-state index in [1.165, 1.54) is 18.4 Å². The summed E-state index contributed by atoms with van der Waals surface area (Å²) < 4.78 is 2.86. The van der Waals surface area contributed by atoms with Crippen molar-refractivity contribution in [2.24, 2.45) is 9.98 Å². The van der Waals surface area contributed by atoms with E-state index in [-0.39, 0.29) is 6.04 Å². The molecule has 0 aliphatic carbocycles. The fourth-order valence-corrected chi connectivity index (χ4v) is 6.12. The van der Waals surface area contributed by atoms with Gasteiger partial charge in [0.1, 0.15) is 0 Å². The average Bonchev–Trinajstić information content (AvgIpc) is 3.36. The first-order chi connectivity index (χ1) is 20.6. The van der Waals surface area contributed by atoms with Gasteiger partial charge in [-0.25, -0.2) is 15.0 Å². The number of unbranched alkanes of at least 4 members (excludes halogenated alkanes) is 1. The molecule has 7 nitrogen and oxygen atoms in total. The van der Waals surface area contributed by atoms with Crippen molar-refractivity contribution in [2.75, 3.05) is 10.2 Å². The van der Waals surface area contributed by atoms with E-state index < -0.39 is 0 Å². The molecule has 7 rings (SSSR count). The summed E-state index contributed by atoms with van der Waals surface area (Å²) in [6, 6.07) is 31.0. The summed E-state index contributed by atoms with van der Waals surface area (Å²) in [4.78, 5) is 17.3. The standard InChI is InChI=1S/C34H30BrN7/c1-3-4-10-23-16-18-26(19-17-23)37-32-34-39-33-30(22(2)40-42(33)29-15-7-8-20-36-29)31(24-11-9-12-25(35)21-24)41(34)28-14-6-5-13-27(28)38-32/h5-9,11-21,31H,3-4,10H2,1-2H3,(H,37,38). The first kappa shape index (κ1) is 26.3. The number of hydrogen-bond donors (Lipinski definition) is 1. The molecular weight excluding hydrogens is 586 g/mol. The second-order valence-electron chi connectivity index (χ2n) is 10.6. The van der Waals surface area contributed by atoms with Crippen LogP contribution >= 0.6 is 15.9 Å². The Morgan fingerprint density at radius 1 is 0.905 bits per heavy atom. The monoisotopic (exact) mass is 615 g/mol. The molecule has 2 aliphatic heterocycles. The highest BCUT2D eigenvalue weighted by Crippen LogP contribution is 2.48. The van der Waals surface area contributed by atoms with E-state index in [0.717, 1.165) is 62.2 Å². The zero-order valence-electron chi connectivity index (χ0n) is 23.5. The number of hydrogen-bond acceptors (Lipinski definition) is 6. The zero-order valence-corrected chi connectivity index (χ0v) is 25.1. The number of anilines is 2. The molecular formula is C34H30BrN7. The highest BCUT2D eigenvalue weighted by atomic mass is 79.9. The van der Waals surface area contributed by atoms with Crippen molar-refractivity contribution < 1.29 is 0 Å². The molecule has 1 unspecified atom stereocenters. The minimum atomic E-state index is -0.188. The number of rotatable bonds is 6. The van der Waals surface area contributed by atoms with Crippen LogP contribution in [0.25, 0.3) is 5.82 Å². The van der Waals surface area contributed by atoms with Gasteiger partial charge in [-0.1, -0.05) is 71.7 Å². The van der Waals surface area contributed by atoms with Crippen molar-refractivity contribution in [3.63, 3.8) is 0 Å². The maximum Gasteiger partial charge on any atom is 0.179 e. The van der Waals surface area contributed by atoms with Crippen LogP contribution in [0, 0.1) is 6.92 Å². The van der Waals surface area contributed by atoms with Gasteiger partial charge >= 0.3 is 0 Å². The lowest BCUT2D eigenvalue weighted by Crippen LogP contribution is -2.46. The molecule has 42 heavy (non-hydrogen) atoms. The number of halogens is 1. The minimum absolute atomic E-state index is 0.188. The summed E-state index contributed by atoms with van der Waals surface area (Å²) in [5.41, 5.74) is 7.26. The summed E-state index contributed by atoms with van der Waals surface area (Å²) in [5.74, 6) is 2.90. The third-order valence-corrected chi connectivity index (χ3v) is 8.20. The summed E-state index contributed by atoms with van der Waals surface area (Å²) in [7, 11) is 0. The lowest BCUT2D eigenvalue weighted by atomic mass is 9.93. The third kappa shape index (κ3) is 4.71. The number of aryl methyl sites for hydroxylation is 2. The number of aromatic nitrogens is 3. The molecule has 2 aromatic heterocycles. The topological polar surface area (TPSA) is 70.7 Å². The second-order valence-corrected chi connectivity index (χ2v) is 11.5. The summed E-state index contributed by atoms with van der Waals surface area (Å²) in [6.45, 7) is 4.27. The Hall–Kier alpha value is -4.56. The van der Waals surface area contributed by atoms with Gasteiger partial charge in [-0.2, -0.15) is 9.78 Å². The summed E-state index contributed by atoms with van der Waals surface area (Å²) in [5, 5.41) is 8.57. The van der Waals surface area contributed by atoms with Gasteiger partial charge in [0.2, 0.25) is 0 Å². The van der Waals surface area contributed by atoms with Crippen LogP contribution in [0.3, 0.4) is 0 Å². The van der Waals surface area contributed by atoms with E-state index in [4.69, 9.17) is 15.1 Å². The van der Waals surface area contributed by atoms with Gasteiger partial charge in [-0.15, -0.1) is 0 Å². The average molecular weight is 617 g/mol. The number of nitrogens with zero attached hydrogens (tertiary/aromatic N) is 6. The maximum atomic E-state index is 5.30. The van der Waals surface area contributed by atoms with Crippen LogP contribution in [0.4, 0.5) is 22.9 Å². The Morgan fingerprint density at radius 3 is 2.52 bits per heavy atom. The number of fused-ring (bicyclic) bond motifs is 4. The van der Waals surface area contributed by atoms with Gasteiger partial charge in [-0.05, 0) is 79.4 Å². The fourth-order valence-electron chi connectivity index (χ4n) is 5.70. The van der Waals surface area contributed by atoms with Crippen LogP contribution in [0.5, 0.6) is 0 Å². The van der Waals surface area contributed by atoms with Crippen molar-refractivity contribution in [1.29, 1.82) is 0 Å². The lowest BCUT2D eigenvalue weighted by Gasteiger charge is -2.40. The van der Waals surface area contributed by atoms with Crippen molar-refractivity contribution in [3.05, 3.63) is 124 Å². The smallest absolute Gasteiger partial charge is 0.179 e. The van der Waals surface area contributed by atoms with Crippen LogP contribution in [0.2, 0.25) is 0 Å². The normalized spacial score (nSPS) is 15.3. The number of para-hydroxylation sites is 2. The fraction of sp³-hybridized carbons (Fsp3) is 0.176. The van der Waals surface area contributed by atoms with Gasteiger partial charge in [0.05, 0.1) is 23.1 Å². The van der Waals surface area contributed by atoms with Gasteiger partial charge in [-0.3, -0.25) is 0 Å². The Labute approximate surface area is 253 Å². The van der Waals surface area contributed by atoms with Crippen molar-refractivity contribution in [3.8, 4) is 5.82 Å². The molecule has 0 bridgehead atoms. The lowest BCUT2D eigenvalue weighted by molar-refractivity contribution is 0.795. The predicted octanol–water partition coefficient (Wildman–Crippen LogP) is 8.48. The molecule has 1 atom stereocenters. The third-order valence-electron chi connectivity index (χ3n) is 7.70. The number of nitrogens with one attached hydrogen (secondary N) is 1. The van der Waals surface area contributed by atoms with Crippen molar-refractivity contribution in [1.82, 2.24) is 14.8 Å². The van der Waals surface area contributed by atoms with E-state index in [2.05, 4.69) is 105 Å². The Morgan fingerprint density at radius 2 is 1.74 bits per heavy atom. The Balaban J connectivity index is 1.42. The molecule has 2 aliphatic rings. The van der Waals surface area contributed by atoms with Crippen LogP contribution < -0.4 is 10.2 Å². The molecule has 3 aromatic carbocycles. The van der Waals surface area contributed by atoms with Crippen LogP contribution in [-0.4, -0.2) is 26.4 Å². The molecule has 0 amide bonds. The quantitative estimate of drug-likeness (QED) is 0.208. The van der Waals surface area contributed by atoms with Crippen LogP contribution in [-0.2, 0) is 6.42 Å². The largest absolute Gasteiger partial charge is 0.337 e. The molecule has 8 heteroatoms. The van der Waals surface area contributed by atoms with Gasteiger partial charge in [0.15, 0.2) is 23.3 Å². The Bertz CT molecular complexity index is 1820. The van der Waals surface area contributed by atoms with Gasteiger partial charge < -0.3 is 10.2 Å². The maximum absolute atomic E-state index is 5.30. The van der Waals surface area contributed by atoms with Crippen LogP contribution in [0.1, 0.15) is 48.2 Å². The zero-order chi connectivity index (χ0) is 28.6. The minimum Gasteiger partial charge on any atom is -0.337 e. The molecule has 0 spiro atoms. The molecule has 0 saturated heterocycles. The number of aliphatic imine (C=N–C) groups is 2.